The summed E-state index contributed by atoms with van der Waals surface area (Å²) < 4.78 is 0.694. The summed E-state index contributed by atoms with van der Waals surface area (Å²) in [5, 5.41) is 9.29. The zero-order valence-electron chi connectivity index (χ0n) is 5.90. The Bertz CT molecular complexity index is 174. The fourth-order valence-corrected chi connectivity index (χ4v) is 2.14. The van der Waals surface area contributed by atoms with E-state index in [4.69, 9.17) is 12.2 Å². The maximum Gasteiger partial charge on any atom is 0.138 e. The van der Waals surface area contributed by atoms with E-state index >= 15 is 0 Å². The fraction of sp³-hybridized carbons (Fsp3) is 0.667. The number of rotatable bonds is 3. The number of hydrogen-bond acceptors (Lipinski definition) is 4. The fourth-order valence-electron chi connectivity index (χ4n) is 0.872. The second-order valence-corrected chi connectivity index (χ2v) is 3.86. The molecule has 1 atom stereocenters. The van der Waals surface area contributed by atoms with Crippen LogP contribution in [0, 0.1) is 0 Å². The Labute approximate surface area is 74.8 Å². The molecule has 0 amide bonds. The lowest BCUT2D eigenvalue weighted by molar-refractivity contribution is -0.108. The van der Waals surface area contributed by atoms with Gasteiger partial charge in [-0.25, -0.2) is 0 Å². The quantitative estimate of drug-likeness (QED) is 0.511. The molecule has 1 N–H and O–H groups in total. The first kappa shape index (κ1) is 8.96. The van der Waals surface area contributed by atoms with Crippen molar-refractivity contribution in [2.45, 2.75) is 12.6 Å². The zero-order chi connectivity index (χ0) is 8.27. The van der Waals surface area contributed by atoms with Crippen LogP contribution in [0.4, 0.5) is 0 Å². The van der Waals surface area contributed by atoms with Gasteiger partial charge in [0.05, 0.1) is 0 Å². The van der Waals surface area contributed by atoms with Crippen molar-refractivity contribution in [2.75, 3.05) is 12.3 Å². The largest absolute Gasteiger partial charge is 0.373 e. The number of aldehydes is 1. The van der Waals surface area contributed by atoms with E-state index in [1.807, 2.05) is 0 Å². The number of nitrogens with zero attached hydrogens (tertiary/aromatic N) is 1. The van der Waals surface area contributed by atoms with Crippen LogP contribution in [0.25, 0.3) is 0 Å². The molecule has 5 heteroatoms. The number of hydrogen-bond donors (Lipinski definition) is 1. The van der Waals surface area contributed by atoms with Crippen molar-refractivity contribution in [3.8, 4) is 0 Å². The van der Waals surface area contributed by atoms with Crippen LogP contribution < -0.4 is 0 Å². The highest BCUT2D eigenvalue weighted by Crippen LogP contribution is 2.22. The summed E-state index contributed by atoms with van der Waals surface area (Å²) in [5.41, 5.74) is 0. The van der Waals surface area contributed by atoms with Gasteiger partial charge < -0.3 is 14.8 Å². The Morgan fingerprint density at radius 1 is 1.91 bits per heavy atom. The standard InChI is InChI=1S/C6H9NO2S2/c8-3-1-2-7-5(9)4-11-6(7)10/h3,5,9H,1-2,4H2. The van der Waals surface area contributed by atoms with Crippen LogP contribution in [0.1, 0.15) is 6.42 Å². The van der Waals surface area contributed by atoms with Crippen LogP contribution in [0.15, 0.2) is 0 Å². The number of thioether (sulfide) groups is 1. The van der Waals surface area contributed by atoms with Crippen molar-refractivity contribution in [2.24, 2.45) is 0 Å². The number of aliphatic hydroxyl groups is 1. The van der Waals surface area contributed by atoms with Crippen molar-refractivity contribution in [3.63, 3.8) is 0 Å². The van der Waals surface area contributed by atoms with Crippen molar-refractivity contribution in [1.82, 2.24) is 4.90 Å². The number of thiocarbonyl (C=S) groups is 1. The highest BCUT2D eigenvalue weighted by molar-refractivity contribution is 8.23. The lowest BCUT2D eigenvalue weighted by atomic mass is 10.4. The molecule has 0 aromatic heterocycles. The molecule has 1 aliphatic rings. The van der Waals surface area contributed by atoms with E-state index < -0.39 is 6.23 Å². The van der Waals surface area contributed by atoms with Crippen LogP contribution >= 0.6 is 24.0 Å². The summed E-state index contributed by atoms with van der Waals surface area (Å²) in [6.45, 7) is 0.538. The predicted octanol–water partition coefficient (Wildman–Crippen LogP) is 0.228. The Balaban J connectivity index is 2.41. The predicted molar refractivity (Wildman–Crippen MR) is 48.4 cm³/mol. The van der Waals surface area contributed by atoms with Crippen molar-refractivity contribution >= 4 is 34.6 Å². The van der Waals surface area contributed by atoms with Crippen LogP contribution in [0.3, 0.4) is 0 Å². The molecule has 0 saturated carbocycles. The molecule has 3 nitrogen and oxygen atoms in total. The minimum Gasteiger partial charge on any atom is -0.373 e. The second kappa shape index (κ2) is 4.04. The van der Waals surface area contributed by atoms with Gasteiger partial charge in [0.2, 0.25) is 0 Å². The molecule has 0 spiro atoms. The van der Waals surface area contributed by atoms with E-state index in [-0.39, 0.29) is 0 Å². The van der Waals surface area contributed by atoms with Gasteiger partial charge in [0.15, 0.2) is 0 Å². The summed E-state index contributed by atoms with van der Waals surface area (Å²) in [4.78, 5) is 11.7. The molecule has 0 bridgehead atoms. The lowest BCUT2D eigenvalue weighted by Crippen LogP contribution is -2.33. The Morgan fingerprint density at radius 3 is 3.09 bits per heavy atom. The summed E-state index contributed by atoms with van der Waals surface area (Å²) >= 11 is 6.40. The first-order chi connectivity index (χ1) is 5.25. The monoisotopic (exact) mass is 191 g/mol. The van der Waals surface area contributed by atoms with Crippen molar-refractivity contribution in [3.05, 3.63) is 0 Å². The minimum absolute atomic E-state index is 0.428. The molecule has 1 saturated heterocycles. The summed E-state index contributed by atoms with van der Waals surface area (Å²) in [6.07, 6.45) is 0.767. The van der Waals surface area contributed by atoms with E-state index in [0.717, 1.165) is 6.29 Å². The lowest BCUT2D eigenvalue weighted by Gasteiger charge is -2.19. The highest BCUT2D eigenvalue weighted by Gasteiger charge is 2.25. The first-order valence-electron chi connectivity index (χ1n) is 3.31. The van der Waals surface area contributed by atoms with Gasteiger partial charge in [-0.1, -0.05) is 24.0 Å². The number of carbonyl (C=O) groups is 1. The van der Waals surface area contributed by atoms with Crippen LogP contribution in [-0.2, 0) is 4.79 Å². The molecule has 1 heterocycles. The topological polar surface area (TPSA) is 40.5 Å². The van der Waals surface area contributed by atoms with Gasteiger partial charge in [0, 0.05) is 18.7 Å². The zero-order valence-corrected chi connectivity index (χ0v) is 7.53. The molecule has 11 heavy (non-hydrogen) atoms. The Hall–Kier alpha value is -0.130. The smallest absolute Gasteiger partial charge is 0.138 e. The number of carbonyl (C=O) groups excluding carboxylic acids is 1. The third-order valence-corrected chi connectivity index (χ3v) is 2.97. The third-order valence-electron chi connectivity index (χ3n) is 1.44. The molecule has 1 fully saturated rings. The Kier molecular flexibility index (Phi) is 3.29. The van der Waals surface area contributed by atoms with Crippen molar-refractivity contribution < 1.29 is 9.90 Å². The molecule has 1 rings (SSSR count). The van der Waals surface area contributed by atoms with Crippen LogP contribution in [0.5, 0.6) is 0 Å². The molecule has 62 valence electrons. The van der Waals surface area contributed by atoms with E-state index in [0.29, 0.717) is 23.0 Å². The maximum absolute atomic E-state index is 10.0. The van der Waals surface area contributed by atoms with E-state index in [1.54, 1.807) is 4.90 Å². The summed E-state index contributed by atoms with van der Waals surface area (Å²) in [6, 6.07) is 0. The van der Waals surface area contributed by atoms with Gasteiger partial charge >= 0.3 is 0 Å². The average molecular weight is 191 g/mol. The van der Waals surface area contributed by atoms with Gasteiger partial charge in [-0.2, -0.15) is 0 Å². The van der Waals surface area contributed by atoms with Gasteiger partial charge in [0.1, 0.15) is 16.8 Å². The van der Waals surface area contributed by atoms with Gasteiger partial charge in [-0.15, -0.1) is 0 Å². The Morgan fingerprint density at radius 2 is 2.64 bits per heavy atom. The second-order valence-electron chi connectivity index (χ2n) is 2.21. The van der Waals surface area contributed by atoms with Gasteiger partial charge in [-0.3, -0.25) is 0 Å². The molecule has 1 aliphatic heterocycles. The first-order valence-corrected chi connectivity index (χ1v) is 4.70. The normalized spacial score (nSPS) is 24.3. The molecule has 1 unspecified atom stereocenters. The molecule has 0 aromatic rings. The van der Waals surface area contributed by atoms with E-state index in [2.05, 4.69) is 0 Å². The van der Waals surface area contributed by atoms with Crippen LogP contribution in [0.2, 0.25) is 0 Å². The highest BCUT2D eigenvalue weighted by atomic mass is 32.2. The van der Waals surface area contributed by atoms with Crippen molar-refractivity contribution in [1.29, 1.82) is 0 Å². The van der Waals surface area contributed by atoms with E-state index in [1.165, 1.54) is 11.8 Å². The van der Waals surface area contributed by atoms with E-state index in [9.17, 15) is 9.90 Å². The maximum atomic E-state index is 10.0. The number of aliphatic hydroxyl groups excluding tert-OH is 1. The molecular formula is C6H9NO2S2. The SMILES string of the molecule is O=CCCN1C(=S)SCC1O. The molecule has 0 radical (unpaired) electrons. The summed E-state index contributed by atoms with van der Waals surface area (Å²) in [5.74, 6) is 0.623. The summed E-state index contributed by atoms with van der Waals surface area (Å²) in [7, 11) is 0. The molecule has 0 aliphatic carbocycles. The third kappa shape index (κ3) is 2.15. The van der Waals surface area contributed by atoms with Crippen LogP contribution in [-0.4, -0.2) is 39.1 Å². The molecular weight excluding hydrogens is 182 g/mol. The average Bonchev–Trinajstić information content (AvgIpc) is 2.29. The van der Waals surface area contributed by atoms with Gasteiger partial charge in [0.25, 0.3) is 0 Å². The van der Waals surface area contributed by atoms with Gasteiger partial charge in [-0.05, 0) is 0 Å². The molecule has 0 aromatic carbocycles. The minimum atomic E-state index is -0.493.